The highest BCUT2D eigenvalue weighted by Crippen LogP contribution is 2.75. The van der Waals surface area contributed by atoms with Crippen LogP contribution in [0.3, 0.4) is 0 Å². The van der Waals surface area contributed by atoms with E-state index in [1.54, 1.807) is 0 Å². The van der Waals surface area contributed by atoms with Gasteiger partial charge in [0.1, 0.15) is 54.9 Å². The molecule has 5 aliphatic carbocycles. The molecular weight excluding hydrogens is 852 g/mol. The second-order valence-electron chi connectivity index (χ2n) is 23.1. The van der Waals surface area contributed by atoms with Crippen molar-refractivity contribution in [1.82, 2.24) is 0 Å². The minimum atomic E-state index is -2.05. The number of carbonyl (C=O) groups is 2. The van der Waals surface area contributed by atoms with Gasteiger partial charge in [-0.2, -0.15) is 0 Å². The van der Waals surface area contributed by atoms with Crippen LogP contribution in [0.15, 0.2) is 11.6 Å². The van der Waals surface area contributed by atoms with Gasteiger partial charge in [0.25, 0.3) is 0 Å². The van der Waals surface area contributed by atoms with E-state index in [-0.39, 0.29) is 46.9 Å². The average molecular weight is 927 g/mol. The average Bonchev–Trinajstić information content (AvgIpc) is 3.23. The molecule has 18 heteroatoms. The van der Waals surface area contributed by atoms with E-state index < -0.39 is 133 Å². The molecule has 65 heavy (non-hydrogen) atoms. The summed E-state index contributed by atoms with van der Waals surface area (Å²) in [4.78, 5) is 27.4. The van der Waals surface area contributed by atoms with E-state index in [2.05, 4.69) is 41.5 Å². The number of carboxylic acid groups (broad SMARTS) is 1. The zero-order chi connectivity index (χ0) is 47.7. The number of aliphatic hydroxyl groups is 9. The van der Waals surface area contributed by atoms with Gasteiger partial charge >= 0.3 is 5.97 Å². The van der Waals surface area contributed by atoms with E-state index in [4.69, 9.17) is 28.4 Å². The first kappa shape index (κ1) is 49.7. The van der Waals surface area contributed by atoms with Gasteiger partial charge in [0.2, 0.25) is 0 Å². The van der Waals surface area contributed by atoms with Crippen LogP contribution < -0.4 is 0 Å². The lowest BCUT2D eigenvalue weighted by Gasteiger charge is -2.71. The zero-order valence-electron chi connectivity index (χ0n) is 38.9. The summed E-state index contributed by atoms with van der Waals surface area (Å²) in [6, 6.07) is 0. The monoisotopic (exact) mass is 926 g/mol. The van der Waals surface area contributed by atoms with E-state index in [9.17, 15) is 60.7 Å². The van der Waals surface area contributed by atoms with Crippen molar-refractivity contribution in [1.29, 1.82) is 0 Å². The van der Waals surface area contributed by atoms with Crippen molar-refractivity contribution in [3.63, 3.8) is 0 Å². The van der Waals surface area contributed by atoms with Crippen molar-refractivity contribution in [2.24, 2.45) is 50.2 Å². The molecule has 0 bridgehead atoms. The minimum Gasteiger partial charge on any atom is -0.479 e. The fourth-order valence-corrected chi connectivity index (χ4v) is 14.7. The lowest BCUT2D eigenvalue weighted by Crippen LogP contribution is -2.69. The Morgan fingerprint density at radius 2 is 1.38 bits per heavy atom. The quantitative estimate of drug-likeness (QED) is 0.149. The predicted octanol–water partition coefficient (Wildman–Crippen LogP) is 0.523. The second kappa shape index (κ2) is 17.0. The van der Waals surface area contributed by atoms with Gasteiger partial charge in [-0.25, -0.2) is 4.79 Å². The van der Waals surface area contributed by atoms with Gasteiger partial charge in [0.15, 0.2) is 30.8 Å². The van der Waals surface area contributed by atoms with Crippen molar-refractivity contribution in [3.05, 3.63) is 11.6 Å². The maximum atomic E-state index is 15.0. The molecule has 3 saturated heterocycles. The van der Waals surface area contributed by atoms with Crippen LogP contribution >= 0.6 is 0 Å². The molecule has 0 amide bonds. The maximum absolute atomic E-state index is 15.0. The highest BCUT2D eigenvalue weighted by atomic mass is 16.8. The standard InChI is InChI=1S/C47H74O18/c1-20-28(52)30(54)33(57)39(61-20)64-35-29(53)24(50)18-60-40(35)65-36-32(56)31(55)34(38(58)59)63-41(36)62-27-10-11-44(5)25(45(27,6)19-48)9-12-47(8)37(44)23(49)15-21-22-16-42(2,3)17-26(51)43(22,4)13-14-46(21,47)7/h15,20,22,24-37,39-41,48,50-57H,9-14,16-19H2,1-8H3,(H,58,59)/t20-,22?,24+,25?,26+,27-,28-,29-,30+,31-,32-,33+,34-,35+,36+,37+,39-,40-,41+,43+,44-,45+,46+,47+/m0/s1. The number of fused-ring (bicyclic) bond motifs is 7. The molecule has 8 rings (SSSR count). The van der Waals surface area contributed by atoms with E-state index in [0.29, 0.717) is 25.7 Å². The molecule has 2 unspecified atom stereocenters. The number of ketones is 1. The molecule has 24 atom stereocenters. The molecule has 0 aromatic rings. The van der Waals surface area contributed by atoms with Crippen molar-refractivity contribution in [2.75, 3.05) is 13.2 Å². The summed E-state index contributed by atoms with van der Waals surface area (Å²) in [5, 5.41) is 109. The van der Waals surface area contributed by atoms with Crippen LogP contribution in [-0.2, 0) is 38.0 Å². The molecule has 7 fully saturated rings. The Hall–Kier alpha value is -1.72. The Bertz CT molecular complexity index is 1850. The number of carboxylic acids is 1. The van der Waals surface area contributed by atoms with Crippen LogP contribution in [0, 0.1) is 50.2 Å². The van der Waals surface area contributed by atoms with Gasteiger partial charge < -0.3 is 79.5 Å². The third-order valence-electron chi connectivity index (χ3n) is 18.9. The van der Waals surface area contributed by atoms with Crippen LogP contribution in [0.2, 0.25) is 0 Å². The Morgan fingerprint density at radius 1 is 0.723 bits per heavy atom. The number of hydrogen-bond acceptors (Lipinski definition) is 17. The first-order chi connectivity index (χ1) is 30.2. The Morgan fingerprint density at radius 3 is 2.05 bits per heavy atom. The van der Waals surface area contributed by atoms with E-state index in [0.717, 1.165) is 24.8 Å². The molecular formula is C47H74O18. The van der Waals surface area contributed by atoms with Crippen LogP contribution in [0.5, 0.6) is 0 Å². The van der Waals surface area contributed by atoms with Gasteiger partial charge in [0.05, 0.1) is 31.5 Å². The van der Waals surface area contributed by atoms with Gasteiger partial charge in [-0.1, -0.05) is 54.0 Å². The normalized spacial score (nSPS) is 55.5. The maximum Gasteiger partial charge on any atom is 0.335 e. The summed E-state index contributed by atoms with van der Waals surface area (Å²) >= 11 is 0. The number of aliphatic hydroxyl groups excluding tert-OH is 9. The molecule has 0 aromatic carbocycles. The number of allylic oxidation sites excluding steroid dienone is 2. The number of hydrogen-bond donors (Lipinski definition) is 10. The molecule has 3 aliphatic heterocycles. The number of rotatable bonds is 8. The first-order valence-corrected chi connectivity index (χ1v) is 23.6. The molecule has 8 aliphatic rings. The number of aliphatic carboxylic acids is 1. The lowest BCUT2D eigenvalue weighted by atomic mass is 9.33. The Balaban J connectivity index is 1.08. The smallest absolute Gasteiger partial charge is 0.335 e. The molecule has 18 nitrogen and oxygen atoms in total. The van der Waals surface area contributed by atoms with Gasteiger partial charge in [-0.05, 0) is 97.9 Å². The largest absolute Gasteiger partial charge is 0.479 e. The summed E-state index contributed by atoms with van der Waals surface area (Å²) in [5.74, 6) is -2.18. The third kappa shape index (κ3) is 7.62. The van der Waals surface area contributed by atoms with Crippen molar-refractivity contribution < 1.29 is 89.1 Å². The van der Waals surface area contributed by atoms with E-state index in [1.165, 1.54) is 6.92 Å². The van der Waals surface area contributed by atoms with Crippen LogP contribution in [0.4, 0.5) is 0 Å². The Kier molecular flexibility index (Phi) is 13.0. The van der Waals surface area contributed by atoms with Crippen LogP contribution in [0.1, 0.15) is 107 Å². The molecule has 4 saturated carbocycles. The highest BCUT2D eigenvalue weighted by molar-refractivity contribution is 5.95. The zero-order valence-corrected chi connectivity index (χ0v) is 38.9. The van der Waals surface area contributed by atoms with Crippen molar-refractivity contribution >= 4 is 11.8 Å². The summed E-state index contributed by atoms with van der Waals surface area (Å²) in [7, 11) is 0. The topological polar surface area (TPSA) is 292 Å². The summed E-state index contributed by atoms with van der Waals surface area (Å²) < 4.78 is 35.9. The molecule has 0 radical (unpaired) electrons. The van der Waals surface area contributed by atoms with Crippen molar-refractivity contribution in [2.45, 2.75) is 205 Å². The number of carbonyl (C=O) groups excluding carboxylic acids is 1. The third-order valence-corrected chi connectivity index (χ3v) is 18.9. The van der Waals surface area contributed by atoms with Gasteiger partial charge in [-0.15, -0.1) is 0 Å². The van der Waals surface area contributed by atoms with Gasteiger partial charge in [0, 0.05) is 16.7 Å². The minimum absolute atomic E-state index is 0.0558. The van der Waals surface area contributed by atoms with Crippen LogP contribution in [0.25, 0.3) is 0 Å². The first-order valence-electron chi connectivity index (χ1n) is 23.6. The summed E-state index contributed by atoms with van der Waals surface area (Å²) in [5.41, 5.74) is -1.71. The van der Waals surface area contributed by atoms with E-state index in [1.807, 2.05) is 13.0 Å². The molecule has 0 spiro atoms. The SMILES string of the molecule is C[C@@H]1O[C@@H](O[C@H]2[C@H](O[C@H]3[C@H](O[C@H]4CC[C@@]5(C)C(CC[C@]6(C)[C@@H]5C(=O)C=C5C7CC(C)(C)C[C@@H](O)[C@]7(C)CC[C@]56C)[C@@]4(C)CO)O[C@H](C(=O)O)[C@@H](O)[C@@H]3O)OC[C@@H](O)[C@@H]2O)[C@H](O)[C@H](O)[C@H]1O. The molecule has 370 valence electrons. The highest BCUT2D eigenvalue weighted by Gasteiger charge is 2.71. The number of ether oxygens (including phenoxy) is 6. The fraction of sp³-hybridized carbons (Fsp3) is 0.915. The lowest BCUT2D eigenvalue weighted by molar-refractivity contribution is -0.387. The molecule has 3 heterocycles. The van der Waals surface area contributed by atoms with E-state index >= 15 is 0 Å². The fourth-order valence-electron chi connectivity index (χ4n) is 14.7. The molecule has 0 aromatic heterocycles. The second-order valence-corrected chi connectivity index (χ2v) is 23.1. The molecule has 10 N–H and O–H groups in total. The summed E-state index contributed by atoms with van der Waals surface area (Å²) in [6.07, 6.45) is -18.0. The van der Waals surface area contributed by atoms with Crippen molar-refractivity contribution in [3.8, 4) is 0 Å². The predicted molar refractivity (Wildman–Crippen MR) is 225 cm³/mol. The Labute approximate surface area is 380 Å². The summed E-state index contributed by atoms with van der Waals surface area (Å²) in [6.45, 7) is 15.7. The van der Waals surface area contributed by atoms with Gasteiger partial charge in [-0.3, -0.25) is 4.79 Å². The van der Waals surface area contributed by atoms with Crippen LogP contribution in [-0.4, -0.2) is 174 Å².